The highest BCUT2D eigenvalue weighted by Crippen LogP contribution is 2.07. The second kappa shape index (κ2) is 5.04. The van der Waals surface area contributed by atoms with E-state index in [1.807, 2.05) is 13.8 Å². The highest BCUT2D eigenvalue weighted by molar-refractivity contribution is 5.07. The molecule has 0 saturated carbocycles. The monoisotopic (exact) mass is 136 g/mol. The zero-order valence-electron chi connectivity index (χ0n) is 6.98. The topological polar surface area (TPSA) is 0 Å². The van der Waals surface area contributed by atoms with Crippen molar-refractivity contribution in [3.8, 4) is 0 Å². The molecule has 0 bridgehead atoms. The van der Waals surface area contributed by atoms with Gasteiger partial charge in [0, 0.05) is 0 Å². The number of rotatable bonds is 5. The average Bonchev–Trinajstić information content (AvgIpc) is 1.79. The van der Waals surface area contributed by atoms with E-state index in [4.69, 9.17) is 0 Å². The zero-order valence-corrected chi connectivity index (χ0v) is 6.98. The molecule has 0 aromatic rings. The molecule has 0 aromatic heterocycles. The minimum absolute atomic E-state index is 1.09. The van der Waals surface area contributed by atoms with Crippen LogP contribution in [0.4, 0.5) is 0 Å². The zero-order chi connectivity index (χ0) is 7.98. The second-order valence-electron chi connectivity index (χ2n) is 2.68. The lowest BCUT2D eigenvalue weighted by atomic mass is 10.1. The van der Waals surface area contributed by atoms with Gasteiger partial charge in [0.25, 0.3) is 0 Å². The molecule has 0 radical (unpaired) electrons. The molecule has 10 heavy (non-hydrogen) atoms. The quantitative estimate of drug-likeness (QED) is 0.401. The minimum atomic E-state index is 1.09. The molecule has 0 heterocycles. The molecule has 0 aliphatic rings. The minimum Gasteiger partial charge on any atom is -0.242 e. The van der Waals surface area contributed by atoms with Gasteiger partial charge >= 0.3 is 0 Å². The van der Waals surface area contributed by atoms with Crippen molar-refractivity contribution >= 4 is 0 Å². The van der Waals surface area contributed by atoms with E-state index in [1.165, 1.54) is 0 Å². The van der Waals surface area contributed by atoms with Gasteiger partial charge < -0.3 is 0 Å². The summed E-state index contributed by atoms with van der Waals surface area (Å²) in [5.41, 5.74) is 2.30. The van der Waals surface area contributed by atoms with Crippen LogP contribution >= 0.6 is 0 Å². The summed E-state index contributed by atoms with van der Waals surface area (Å²) in [7, 11) is 0. The van der Waals surface area contributed by atoms with Crippen molar-refractivity contribution in [2.24, 2.45) is 0 Å². The van der Waals surface area contributed by atoms with Gasteiger partial charge in [-0.05, 0) is 0 Å². The van der Waals surface area contributed by atoms with E-state index < -0.39 is 0 Å². The lowest BCUT2D eigenvalue weighted by Gasteiger charge is -2.11. The number of hydrogen-bond donors (Lipinski definition) is 0. The lowest BCUT2D eigenvalue weighted by molar-refractivity contribution is 0.930. The Morgan fingerprint density at radius 1 is 1.00 bits per heavy atom. The third-order valence-corrected chi connectivity index (χ3v) is 1.15. The first kappa shape index (κ1) is 9.22. The molecule has 0 nitrogen and oxygen atoms in total. The molecule has 0 rings (SSSR count). The predicted molar refractivity (Wildman–Crippen MR) is 47.5 cm³/mol. The first-order valence-corrected chi connectivity index (χ1v) is 3.60. The Morgan fingerprint density at radius 2 is 1.30 bits per heavy atom. The van der Waals surface area contributed by atoms with E-state index in [9.17, 15) is 0 Å². The van der Waals surface area contributed by atoms with Crippen molar-refractivity contribution < 1.29 is 0 Å². The van der Waals surface area contributed by atoms with E-state index >= 15 is 0 Å². The van der Waals surface area contributed by atoms with Crippen LogP contribution in [-0.4, -0.2) is 0 Å². The smallest absolute Gasteiger partial charge is 0.0735 e. The van der Waals surface area contributed by atoms with Crippen molar-refractivity contribution in [3.05, 3.63) is 37.1 Å². The third-order valence-electron chi connectivity index (χ3n) is 1.15. The fourth-order valence-corrected chi connectivity index (χ4v) is 0.659. The Morgan fingerprint density at radius 3 is 1.50 bits per heavy atom. The average molecular weight is 136 g/mol. The fraction of sp³-hybridized carbons (Fsp3) is 0.400. The van der Waals surface area contributed by atoms with Gasteiger partial charge in [0.1, 0.15) is 0 Å². The van der Waals surface area contributed by atoms with Gasteiger partial charge in [-0.2, -0.15) is 0 Å². The standard InChI is InChI=1S/C10H16/c1-9(2)7-5-6-8-10(3)4/h7-8H,1,3,5-6H2,2,4H3/q-2. The molecule has 0 amide bonds. The molecular weight excluding hydrogens is 120 g/mol. The Bertz CT molecular complexity index is 104. The van der Waals surface area contributed by atoms with Gasteiger partial charge in [-0.1, -0.05) is 13.8 Å². The molecule has 0 aliphatic heterocycles. The van der Waals surface area contributed by atoms with Crippen molar-refractivity contribution in [2.75, 3.05) is 0 Å². The van der Waals surface area contributed by atoms with Crippen LogP contribution in [0.25, 0.3) is 0 Å². The summed E-state index contributed by atoms with van der Waals surface area (Å²) in [5.74, 6) is 0. The van der Waals surface area contributed by atoms with Crippen LogP contribution in [0.3, 0.4) is 0 Å². The Hall–Kier alpha value is -0.780. The molecule has 0 heteroatoms. The molecule has 0 N–H and O–H groups in total. The predicted octanol–water partition coefficient (Wildman–Crippen LogP) is 3.33. The Kier molecular flexibility index (Phi) is 4.65. The van der Waals surface area contributed by atoms with E-state index in [0.29, 0.717) is 0 Å². The van der Waals surface area contributed by atoms with E-state index in [1.54, 1.807) is 0 Å². The largest absolute Gasteiger partial charge is 0.242 e. The summed E-state index contributed by atoms with van der Waals surface area (Å²) in [6.45, 7) is 11.6. The molecule has 0 spiro atoms. The van der Waals surface area contributed by atoms with Crippen LogP contribution in [0.2, 0.25) is 0 Å². The van der Waals surface area contributed by atoms with Crippen molar-refractivity contribution in [1.82, 2.24) is 0 Å². The summed E-state index contributed by atoms with van der Waals surface area (Å²) in [6.07, 6.45) is 6.45. The van der Waals surface area contributed by atoms with Crippen molar-refractivity contribution in [3.63, 3.8) is 0 Å². The SMILES string of the molecule is C=C(C)[CH-]CC[CH-]C(=C)C. The number of allylic oxidation sites excluding steroid dienone is 2. The van der Waals surface area contributed by atoms with Crippen LogP contribution in [0.15, 0.2) is 24.3 Å². The first-order chi connectivity index (χ1) is 4.63. The maximum atomic E-state index is 3.78. The highest BCUT2D eigenvalue weighted by atomic mass is 14.0. The molecule has 0 saturated heterocycles. The first-order valence-electron chi connectivity index (χ1n) is 3.60. The Labute approximate surface area is 64.6 Å². The van der Waals surface area contributed by atoms with Crippen LogP contribution < -0.4 is 0 Å². The van der Waals surface area contributed by atoms with Gasteiger partial charge in [0.2, 0.25) is 0 Å². The summed E-state index contributed by atoms with van der Waals surface area (Å²) >= 11 is 0. The molecule has 0 unspecified atom stereocenters. The van der Waals surface area contributed by atoms with Gasteiger partial charge in [-0.3, -0.25) is 0 Å². The van der Waals surface area contributed by atoms with Gasteiger partial charge in [-0.25, -0.2) is 37.1 Å². The number of unbranched alkanes of at least 4 members (excludes halogenated alkanes) is 1. The van der Waals surface area contributed by atoms with Crippen LogP contribution in [0, 0.1) is 12.8 Å². The maximum absolute atomic E-state index is 3.78. The van der Waals surface area contributed by atoms with Crippen LogP contribution in [-0.2, 0) is 0 Å². The fourth-order valence-electron chi connectivity index (χ4n) is 0.659. The summed E-state index contributed by atoms with van der Waals surface area (Å²) in [6, 6.07) is 0. The molecule has 58 valence electrons. The van der Waals surface area contributed by atoms with Gasteiger partial charge in [0.15, 0.2) is 0 Å². The van der Waals surface area contributed by atoms with E-state index in [2.05, 4.69) is 26.0 Å². The maximum Gasteiger partial charge on any atom is -0.0735 e. The normalized spacial score (nSPS) is 8.60. The van der Waals surface area contributed by atoms with Crippen LogP contribution in [0.1, 0.15) is 26.7 Å². The molecular formula is C10H16-2. The van der Waals surface area contributed by atoms with E-state index in [0.717, 1.165) is 24.0 Å². The summed E-state index contributed by atoms with van der Waals surface area (Å²) in [5, 5.41) is 0. The summed E-state index contributed by atoms with van der Waals surface area (Å²) in [4.78, 5) is 0. The number of hydrogen-bond acceptors (Lipinski definition) is 0. The molecule has 0 atom stereocenters. The van der Waals surface area contributed by atoms with Crippen LogP contribution in [0.5, 0.6) is 0 Å². The Balaban J connectivity index is 3.06. The molecule has 0 aromatic carbocycles. The second-order valence-corrected chi connectivity index (χ2v) is 2.68. The molecule has 0 fully saturated rings. The highest BCUT2D eigenvalue weighted by Gasteiger charge is 1.76. The lowest BCUT2D eigenvalue weighted by Crippen LogP contribution is -1.81. The molecule has 0 aliphatic carbocycles. The van der Waals surface area contributed by atoms with Gasteiger partial charge in [-0.15, -0.1) is 12.8 Å². The summed E-state index contributed by atoms with van der Waals surface area (Å²) < 4.78 is 0. The van der Waals surface area contributed by atoms with Gasteiger partial charge in [0.05, 0.1) is 0 Å². The van der Waals surface area contributed by atoms with Crippen molar-refractivity contribution in [1.29, 1.82) is 0 Å². The third kappa shape index (κ3) is 7.22. The van der Waals surface area contributed by atoms with E-state index in [-0.39, 0.29) is 0 Å². The van der Waals surface area contributed by atoms with Crippen molar-refractivity contribution in [2.45, 2.75) is 26.7 Å².